The number of hydrogen-bond donors (Lipinski definition) is 6. The van der Waals surface area contributed by atoms with Crippen molar-refractivity contribution in [1.29, 1.82) is 0 Å². The summed E-state index contributed by atoms with van der Waals surface area (Å²) in [6, 6.07) is 13.9. The summed E-state index contributed by atoms with van der Waals surface area (Å²) >= 11 is 0. The average Bonchev–Trinajstić information content (AvgIpc) is 2.59. The maximum absolute atomic E-state index is 9.31. The summed E-state index contributed by atoms with van der Waals surface area (Å²) in [7, 11) is 0. The maximum Gasteiger partial charge on any atom is 0.122 e. The molecule has 0 aliphatic heterocycles. The normalized spacial score (nSPS) is 11.1. The smallest absolute Gasteiger partial charge is 0.122 e. The first-order chi connectivity index (χ1) is 11.5. The molecule has 2 aromatic carbocycles. The quantitative estimate of drug-likeness (QED) is 0.466. The van der Waals surface area contributed by atoms with E-state index < -0.39 is 0 Å². The molecule has 0 saturated carbocycles. The molecule has 0 aliphatic carbocycles. The van der Waals surface area contributed by atoms with Crippen LogP contribution in [0.3, 0.4) is 0 Å². The van der Waals surface area contributed by atoms with Gasteiger partial charge in [-0.2, -0.15) is 0 Å². The first-order valence-corrected chi connectivity index (χ1v) is 7.36. The SMILES string of the molecule is NCC(N)=Cc1ccccc1O.NCC(N)=Cc1ccccc1O.[Co]. The Balaban J connectivity index is 0.000000443. The van der Waals surface area contributed by atoms with Crippen LogP contribution in [0.1, 0.15) is 11.1 Å². The van der Waals surface area contributed by atoms with Gasteiger partial charge in [-0.05, 0) is 24.3 Å². The van der Waals surface area contributed by atoms with Crippen LogP contribution in [-0.4, -0.2) is 23.3 Å². The Kier molecular flexibility index (Phi) is 10.8. The Morgan fingerprint density at radius 2 is 1.04 bits per heavy atom. The van der Waals surface area contributed by atoms with Crippen molar-refractivity contribution >= 4 is 12.2 Å². The zero-order valence-electron chi connectivity index (χ0n) is 13.7. The van der Waals surface area contributed by atoms with E-state index >= 15 is 0 Å². The number of aromatic hydroxyl groups is 2. The fourth-order valence-corrected chi connectivity index (χ4v) is 1.74. The molecule has 6 nitrogen and oxygen atoms in total. The molecule has 25 heavy (non-hydrogen) atoms. The Hall–Kier alpha value is -2.45. The van der Waals surface area contributed by atoms with E-state index in [4.69, 9.17) is 22.9 Å². The van der Waals surface area contributed by atoms with Gasteiger partial charge in [0.2, 0.25) is 0 Å². The standard InChI is InChI=1S/2C9H12N2O.Co/c2*10-6-8(11)5-7-3-1-2-4-9(7)12;/h2*1-5,12H,6,10-11H2;. The summed E-state index contributed by atoms with van der Waals surface area (Å²) < 4.78 is 0. The number of para-hydroxylation sites is 2. The van der Waals surface area contributed by atoms with Crippen molar-refractivity contribution in [2.75, 3.05) is 13.1 Å². The van der Waals surface area contributed by atoms with Crippen LogP contribution in [0.5, 0.6) is 11.5 Å². The third-order valence-corrected chi connectivity index (χ3v) is 3.03. The van der Waals surface area contributed by atoms with Crippen molar-refractivity contribution in [2.45, 2.75) is 0 Å². The van der Waals surface area contributed by atoms with Crippen LogP contribution >= 0.6 is 0 Å². The van der Waals surface area contributed by atoms with Gasteiger partial charge in [0.1, 0.15) is 11.5 Å². The first-order valence-electron chi connectivity index (χ1n) is 7.36. The second-order valence-corrected chi connectivity index (χ2v) is 4.96. The van der Waals surface area contributed by atoms with Crippen molar-refractivity contribution in [1.82, 2.24) is 0 Å². The van der Waals surface area contributed by atoms with Crippen molar-refractivity contribution in [3.05, 3.63) is 71.1 Å². The molecular formula is C18H24CoN4O2. The summed E-state index contributed by atoms with van der Waals surface area (Å²) in [4.78, 5) is 0. The van der Waals surface area contributed by atoms with Crippen molar-refractivity contribution in [2.24, 2.45) is 22.9 Å². The zero-order chi connectivity index (χ0) is 17.9. The Morgan fingerprint density at radius 3 is 1.32 bits per heavy atom. The minimum Gasteiger partial charge on any atom is -0.507 e. The van der Waals surface area contributed by atoms with Gasteiger partial charge in [-0.25, -0.2) is 0 Å². The van der Waals surface area contributed by atoms with E-state index in [0.29, 0.717) is 35.6 Å². The summed E-state index contributed by atoms with van der Waals surface area (Å²) in [5.74, 6) is 0.433. The van der Waals surface area contributed by atoms with Crippen LogP contribution in [0.15, 0.2) is 59.9 Å². The molecule has 0 aromatic heterocycles. The number of nitrogens with two attached hydrogens (primary N) is 4. The fraction of sp³-hybridized carbons (Fsp3) is 0.111. The van der Waals surface area contributed by atoms with Gasteiger partial charge in [0.05, 0.1) is 0 Å². The molecule has 0 bridgehead atoms. The molecule has 10 N–H and O–H groups in total. The van der Waals surface area contributed by atoms with Gasteiger partial charge in [0.15, 0.2) is 0 Å². The molecular weight excluding hydrogens is 363 g/mol. The van der Waals surface area contributed by atoms with E-state index in [1.54, 1.807) is 48.6 Å². The summed E-state index contributed by atoms with van der Waals surface area (Å²) in [5.41, 5.74) is 24.1. The molecule has 137 valence electrons. The molecule has 0 aliphatic rings. The second kappa shape index (κ2) is 12.0. The predicted molar refractivity (Wildman–Crippen MR) is 98.7 cm³/mol. The van der Waals surface area contributed by atoms with E-state index in [-0.39, 0.29) is 28.3 Å². The van der Waals surface area contributed by atoms with Crippen LogP contribution < -0.4 is 22.9 Å². The molecule has 2 aromatic rings. The molecule has 7 heteroatoms. The number of rotatable bonds is 4. The minimum absolute atomic E-state index is 0. The van der Waals surface area contributed by atoms with E-state index in [1.807, 2.05) is 12.1 Å². The van der Waals surface area contributed by atoms with E-state index in [0.717, 1.165) is 0 Å². The molecule has 0 fully saturated rings. The minimum atomic E-state index is 0. The Morgan fingerprint density at radius 1 is 0.720 bits per heavy atom. The zero-order valence-corrected chi connectivity index (χ0v) is 14.8. The summed E-state index contributed by atoms with van der Waals surface area (Å²) in [6.07, 6.45) is 3.32. The van der Waals surface area contributed by atoms with Crippen molar-refractivity contribution in [3.63, 3.8) is 0 Å². The van der Waals surface area contributed by atoms with Crippen LogP contribution in [0, 0.1) is 0 Å². The first kappa shape index (κ1) is 22.5. The molecule has 1 radical (unpaired) electrons. The van der Waals surface area contributed by atoms with Crippen LogP contribution in [0.25, 0.3) is 12.2 Å². The van der Waals surface area contributed by atoms with Gasteiger partial charge in [-0.15, -0.1) is 0 Å². The number of phenolic OH excluding ortho intramolecular Hbond substituents is 2. The van der Waals surface area contributed by atoms with Gasteiger partial charge < -0.3 is 33.1 Å². The molecule has 0 amide bonds. The Labute approximate surface area is 158 Å². The summed E-state index contributed by atoms with van der Waals surface area (Å²) in [6.45, 7) is 0.600. The van der Waals surface area contributed by atoms with Crippen molar-refractivity contribution < 1.29 is 27.0 Å². The van der Waals surface area contributed by atoms with E-state index in [1.165, 1.54) is 0 Å². The van der Waals surface area contributed by atoms with Crippen LogP contribution in [-0.2, 0) is 16.8 Å². The monoisotopic (exact) mass is 387 g/mol. The van der Waals surface area contributed by atoms with Gasteiger partial charge in [-0.1, -0.05) is 36.4 Å². The molecule has 0 unspecified atom stereocenters. The number of phenols is 2. The van der Waals surface area contributed by atoms with Gasteiger partial charge >= 0.3 is 0 Å². The molecule has 0 atom stereocenters. The molecule has 0 saturated heterocycles. The number of hydrogen-bond acceptors (Lipinski definition) is 6. The van der Waals surface area contributed by atoms with Gasteiger partial charge in [0, 0.05) is 52.4 Å². The van der Waals surface area contributed by atoms with E-state index in [2.05, 4.69) is 0 Å². The molecule has 0 spiro atoms. The average molecular weight is 387 g/mol. The van der Waals surface area contributed by atoms with Gasteiger partial charge in [-0.3, -0.25) is 0 Å². The third kappa shape index (κ3) is 8.27. The third-order valence-electron chi connectivity index (χ3n) is 3.03. The van der Waals surface area contributed by atoms with Crippen LogP contribution in [0.4, 0.5) is 0 Å². The topological polar surface area (TPSA) is 145 Å². The predicted octanol–water partition coefficient (Wildman–Crippen LogP) is 1.30. The van der Waals surface area contributed by atoms with Gasteiger partial charge in [0.25, 0.3) is 0 Å². The second-order valence-electron chi connectivity index (χ2n) is 4.96. The molecule has 2 rings (SSSR count). The fourth-order valence-electron chi connectivity index (χ4n) is 1.74. The number of benzene rings is 2. The maximum atomic E-state index is 9.31. The van der Waals surface area contributed by atoms with Crippen LogP contribution in [0.2, 0.25) is 0 Å². The van der Waals surface area contributed by atoms with Crippen molar-refractivity contribution in [3.8, 4) is 11.5 Å². The largest absolute Gasteiger partial charge is 0.507 e. The van der Waals surface area contributed by atoms with E-state index in [9.17, 15) is 10.2 Å². The summed E-state index contributed by atoms with van der Waals surface area (Å²) in [5, 5.41) is 18.6. The Bertz CT molecular complexity index is 656. The molecule has 0 heterocycles.